The third kappa shape index (κ3) is 2.31. The van der Waals surface area contributed by atoms with Crippen LogP contribution in [0.4, 0.5) is 4.39 Å². The quantitative estimate of drug-likeness (QED) is 0.607. The summed E-state index contributed by atoms with van der Waals surface area (Å²) < 4.78 is 19.1. The van der Waals surface area contributed by atoms with Crippen LogP contribution in [0.25, 0.3) is 33.4 Å². The monoisotopic (exact) mass is 319 g/mol. The van der Waals surface area contributed by atoms with Gasteiger partial charge in [0.25, 0.3) is 0 Å². The average Bonchev–Trinajstić information content (AvgIpc) is 3.05. The van der Waals surface area contributed by atoms with E-state index < -0.39 is 0 Å². The molecule has 4 nitrogen and oxygen atoms in total. The second kappa shape index (κ2) is 5.77. The Labute approximate surface area is 137 Å². The van der Waals surface area contributed by atoms with Crippen LogP contribution in [0.3, 0.4) is 0 Å². The van der Waals surface area contributed by atoms with Gasteiger partial charge < -0.3 is 4.74 Å². The number of nitrogens with zero attached hydrogens (tertiary/aromatic N) is 2. The Morgan fingerprint density at radius 3 is 2.71 bits per heavy atom. The molecule has 0 unspecified atom stereocenters. The Kier molecular flexibility index (Phi) is 3.46. The van der Waals surface area contributed by atoms with Gasteiger partial charge in [0, 0.05) is 11.8 Å². The predicted molar refractivity (Wildman–Crippen MR) is 91.3 cm³/mol. The van der Waals surface area contributed by atoms with Gasteiger partial charge in [-0.25, -0.2) is 9.37 Å². The van der Waals surface area contributed by atoms with E-state index in [2.05, 4.69) is 15.2 Å². The maximum absolute atomic E-state index is 13.7. The molecule has 2 aromatic heterocycles. The highest BCUT2D eigenvalue weighted by Crippen LogP contribution is 2.37. The Morgan fingerprint density at radius 2 is 1.88 bits per heavy atom. The van der Waals surface area contributed by atoms with E-state index in [0.29, 0.717) is 5.65 Å². The minimum Gasteiger partial charge on any atom is -0.496 e. The van der Waals surface area contributed by atoms with Gasteiger partial charge >= 0.3 is 0 Å². The van der Waals surface area contributed by atoms with Gasteiger partial charge in [-0.3, -0.25) is 5.10 Å². The molecular weight excluding hydrogens is 305 g/mol. The smallest absolute Gasteiger partial charge is 0.182 e. The summed E-state index contributed by atoms with van der Waals surface area (Å²) in [6.07, 6.45) is 1.68. The van der Waals surface area contributed by atoms with Gasteiger partial charge in [-0.15, -0.1) is 0 Å². The Hall–Kier alpha value is -3.21. The normalized spacial score (nSPS) is 10.9. The number of pyridine rings is 1. The van der Waals surface area contributed by atoms with Crippen LogP contribution in [0.1, 0.15) is 0 Å². The fraction of sp³-hybridized carbons (Fsp3) is 0.0526. The van der Waals surface area contributed by atoms with E-state index in [0.717, 1.165) is 33.5 Å². The number of fused-ring (bicyclic) bond motifs is 1. The summed E-state index contributed by atoms with van der Waals surface area (Å²) in [7, 11) is 1.63. The zero-order valence-corrected chi connectivity index (χ0v) is 13.0. The standard InChI is InChI=1S/C19H14FN3O/c1-24-16-8-3-2-7-15(16)18-17-14(9-10-21-19(17)23-22-18)12-5-4-6-13(20)11-12/h2-11H,1H3,(H,21,22,23). The average molecular weight is 319 g/mol. The SMILES string of the molecule is COc1ccccc1-c1[nH]nc2nccc(-c3cccc(F)c3)c12. The van der Waals surface area contributed by atoms with Gasteiger partial charge in [0.05, 0.1) is 18.2 Å². The van der Waals surface area contributed by atoms with E-state index in [9.17, 15) is 4.39 Å². The largest absolute Gasteiger partial charge is 0.496 e. The van der Waals surface area contributed by atoms with Crippen molar-refractivity contribution in [2.75, 3.05) is 7.11 Å². The Bertz CT molecular complexity index is 1030. The zero-order valence-electron chi connectivity index (χ0n) is 13.0. The molecule has 5 heteroatoms. The molecule has 0 bridgehead atoms. The van der Waals surface area contributed by atoms with E-state index in [-0.39, 0.29) is 5.82 Å². The van der Waals surface area contributed by atoms with Crippen molar-refractivity contribution in [3.8, 4) is 28.1 Å². The molecule has 24 heavy (non-hydrogen) atoms. The van der Waals surface area contributed by atoms with Gasteiger partial charge in [-0.1, -0.05) is 24.3 Å². The minimum atomic E-state index is -0.278. The van der Waals surface area contributed by atoms with Gasteiger partial charge in [-0.2, -0.15) is 5.10 Å². The minimum absolute atomic E-state index is 0.278. The Balaban J connectivity index is 2.02. The van der Waals surface area contributed by atoms with Crippen molar-refractivity contribution in [2.45, 2.75) is 0 Å². The van der Waals surface area contributed by atoms with Crippen LogP contribution in [0, 0.1) is 5.82 Å². The van der Waals surface area contributed by atoms with Crippen molar-refractivity contribution < 1.29 is 9.13 Å². The van der Waals surface area contributed by atoms with Crippen molar-refractivity contribution in [3.63, 3.8) is 0 Å². The number of rotatable bonds is 3. The third-order valence-electron chi connectivity index (χ3n) is 3.97. The summed E-state index contributed by atoms with van der Waals surface area (Å²) in [5, 5.41) is 8.18. The molecule has 0 saturated carbocycles. The predicted octanol–water partition coefficient (Wildman–Crippen LogP) is 4.44. The summed E-state index contributed by atoms with van der Waals surface area (Å²) in [5.41, 5.74) is 3.91. The molecule has 0 amide bonds. The molecule has 0 spiro atoms. The van der Waals surface area contributed by atoms with E-state index >= 15 is 0 Å². The highest BCUT2D eigenvalue weighted by atomic mass is 19.1. The third-order valence-corrected chi connectivity index (χ3v) is 3.97. The molecule has 0 saturated heterocycles. The molecule has 0 aliphatic heterocycles. The maximum atomic E-state index is 13.7. The number of aromatic nitrogens is 3. The molecule has 0 aliphatic rings. The highest BCUT2D eigenvalue weighted by molar-refractivity contribution is 6.02. The summed E-state index contributed by atoms with van der Waals surface area (Å²) in [6, 6.07) is 16.1. The van der Waals surface area contributed by atoms with E-state index in [1.54, 1.807) is 19.4 Å². The molecule has 0 fully saturated rings. The lowest BCUT2D eigenvalue weighted by molar-refractivity contribution is 0.416. The van der Waals surface area contributed by atoms with Crippen molar-refractivity contribution in [1.29, 1.82) is 0 Å². The lowest BCUT2D eigenvalue weighted by Crippen LogP contribution is -1.89. The van der Waals surface area contributed by atoms with E-state index in [1.165, 1.54) is 12.1 Å². The van der Waals surface area contributed by atoms with Crippen molar-refractivity contribution in [1.82, 2.24) is 15.2 Å². The van der Waals surface area contributed by atoms with Gasteiger partial charge in [-0.05, 0) is 41.5 Å². The first kappa shape index (κ1) is 14.4. The molecule has 0 atom stereocenters. The molecule has 4 rings (SSSR count). The molecule has 1 N–H and O–H groups in total. The van der Waals surface area contributed by atoms with Crippen LogP contribution < -0.4 is 4.74 Å². The molecular formula is C19H14FN3O. The number of ether oxygens (including phenoxy) is 1. The van der Waals surface area contributed by atoms with Crippen LogP contribution in [-0.2, 0) is 0 Å². The van der Waals surface area contributed by atoms with Crippen LogP contribution >= 0.6 is 0 Å². The maximum Gasteiger partial charge on any atom is 0.182 e. The second-order valence-corrected chi connectivity index (χ2v) is 5.37. The number of nitrogens with one attached hydrogen (secondary N) is 1. The topological polar surface area (TPSA) is 50.8 Å². The van der Waals surface area contributed by atoms with Crippen LogP contribution in [-0.4, -0.2) is 22.3 Å². The molecule has 0 radical (unpaired) electrons. The van der Waals surface area contributed by atoms with Crippen molar-refractivity contribution >= 4 is 11.0 Å². The lowest BCUT2D eigenvalue weighted by atomic mass is 9.99. The van der Waals surface area contributed by atoms with Gasteiger partial charge in [0.15, 0.2) is 5.65 Å². The molecule has 4 aromatic rings. The molecule has 0 aliphatic carbocycles. The number of halogens is 1. The van der Waals surface area contributed by atoms with Crippen LogP contribution in [0.5, 0.6) is 5.75 Å². The van der Waals surface area contributed by atoms with Gasteiger partial charge in [0.2, 0.25) is 0 Å². The first-order chi connectivity index (χ1) is 11.8. The van der Waals surface area contributed by atoms with E-state index in [4.69, 9.17) is 4.74 Å². The van der Waals surface area contributed by atoms with Gasteiger partial charge in [0.1, 0.15) is 11.6 Å². The number of hydrogen-bond donors (Lipinski definition) is 1. The summed E-state index contributed by atoms with van der Waals surface area (Å²) in [6.45, 7) is 0. The fourth-order valence-electron chi connectivity index (χ4n) is 2.89. The van der Waals surface area contributed by atoms with Crippen molar-refractivity contribution in [2.24, 2.45) is 0 Å². The number of hydrogen-bond acceptors (Lipinski definition) is 3. The van der Waals surface area contributed by atoms with E-state index in [1.807, 2.05) is 36.4 Å². The number of para-hydroxylation sites is 1. The van der Waals surface area contributed by atoms with Crippen molar-refractivity contribution in [3.05, 3.63) is 66.6 Å². The highest BCUT2D eigenvalue weighted by Gasteiger charge is 2.16. The lowest BCUT2D eigenvalue weighted by Gasteiger charge is -2.09. The summed E-state index contributed by atoms with van der Waals surface area (Å²) >= 11 is 0. The number of H-pyrrole nitrogens is 1. The van der Waals surface area contributed by atoms with Crippen LogP contribution in [0.15, 0.2) is 60.8 Å². The fourth-order valence-corrected chi connectivity index (χ4v) is 2.89. The second-order valence-electron chi connectivity index (χ2n) is 5.37. The zero-order chi connectivity index (χ0) is 16.5. The number of aromatic amines is 1. The number of methoxy groups -OCH3 is 1. The number of benzene rings is 2. The molecule has 118 valence electrons. The first-order valence-electron chi connectivity index (χ1n) is 7.50. The summed E-state index contributed by atoms with van der Waals surface area (Å²) in [4.78, 5) is 4.31. The summed E-state index contributed by atoms with van der Waals surface area (Å²) in [5.74, 6) is 0.455. The molecule has 2 aromatic carbocycles. The molecule has 2 heterocycles. The Morgan fingerprint density at radius 1 is 1.00 bits per heavy atom. The first-order valence-corrected chi connectivity index (χ1v) is 7.50. The van der Waals surface area contributed by atoms with Crippen LogP contribution in [0.2, 0.25) is 0 Å².